The Labute approximate surface area is 158 Å². The monoisotopic (exact) mass is 374 g/mol. The fourth-order valence-electron chi connectivity index (χ4n) is 2.80. The van der Waals surface area contributed by atoms with Crippen molar-refractivity contribution in [3.8, 4) is 0 Å². The van der Waals surface area contributed by atoms with Crippen LogP contribution in [-0.4, -0.2) is 29.1 Å². The molecule has 0 saturated heterocycles. The van der Waals surface area contributed by atoms with Crippen molar-refractivity contribution < 1.29 is 14.4 Å². The predicted molar refractivity (Wildman–Crippen MR) is 104 cm³/mol. The van der Waals surface area contributed by atoms with Crippen molar-refractivity contribution in [1.29, 1.82) is 0 Å². The predicted octanol–water partition coefficient (Wildman–Crippen LogP) is 2.77. The minimum atomic E-state index is -1.14. The second kappa shape index (κ2) is 8.68. The average molecular weight is 374 g/mol. The van der Waals surface area contributed by atoms with E-state index in [9.17, 15) is 15.2 Å². The standard InChI is InChI=1S/C19H26N4O4/c1-5-20-18(21-11-15-7-6-8-16(10-15)23(25)26)22-12-19(4,24)17-9-13(2)27-14(17)3/h6-10,24H,5,11-12H2,1-4H3,(H2,20,21,22). The lowest BCUT2D eigenvalue weighted by molar-refractivity contribution is -0.384. The first kappa shape index (κ1) is 20.4. The summed E-state index contributed by atoms with van der Waals surface area (Å²) in [6.45, 7) is 8.46. The van der Waals surface area contributed by atoms with Crippen LogP contribution in [0.2, 0.25) is 0 Å². The Morgan fingerprint density at radius 1 is 1.33 bits per heavy atom. The number of nitrogens with one attached hydrogen (secondary N) is 2. The smallest absolute Gasteiger partial charge is 0.269 e. The first-order valence-electron chi connectivity index (χ1n) is 8.78. The molecule has 8 nitrogen and oxygen atoms in total. The molecule has 1 aromatic heterocycles. The number of aryl methyl sites for hydroxylation is 2. The number of benzene rings is 1. The van der Waals surface area contributed by atoms with Gasteiger partial charge in [-0.1, -0.05) is 12.1 Å². The fourth-order valence-corrected chi connectivity index (χ4v) is 2.80. The second-order valence-corrected chi connectivity index (χ2v) is 6.58. The van der Waals surface area contributed by atoms with Crippen molar-refractivity contribution in [2.45, 2.75) is 39.8 Å². The van der Waals surface area contributed by atoms with Crippen LogP contribution in [0.25, 0.3) is 0 Å². The molecule has 0 bridgehead atoms. The van der Waals surface area contributed by atoms with E-state index in [4.69, 9.17) is 4.42 Å². The van der Waals surface area contributed by atoms with Crippen LogP contribution in [0.4, 0.5) is 5.69 Å². The third kappa shape index (κ3) is 5.55. The zero-order valence-corrected chi connectivity index (χ0v) is 16.1. The Bertz CT molecular complexity index is 827. The molecule has 0 amide bonds. The first-order valence-corrected chi connectivity index (χ1v) is 8.78. The summed E-state index contributed by atoms with van der Waals surface area (Å²) < 4.78 is 5.50. The van der Waals surface area contributed by atoms with Crippen molar-refractivity contribution in [2.24, 2.45) is 4.99 Å². The van der Waals surface area contributed by atoms with E-state index in [0.29, 0.717) is 18.3 Å². The van der Waals surface area contributed by atoms with Gasteiger partial charge in [-0.2, -0.15) is 0 Å². The molecule has 146 valence electrons. The van der Waals surface area contributed by atoms with Crippen LogP contribution >= 0.6 is 0 Å². The van der Waals surface area contributed by atoms with Gasteiger partial charge in [-0.25, -0.2) is 4.99 Å². The molecule has 1 heterocycles. The van der Waals surface area contributed by atoms with Gasteiger partial charge in [-0.3, -0.25) is 10.1 Å². The van der Waals surface area contributed by atoms with Gasteiger partial charge >= 0.3 is 0 Å². The van der Waals surface area contributed by atoms with Crippen LogP contribution in [0.5, 0.6) is 0 Å². The molecule has 1 unspecified atom stereocenters. The molecule has 27 heavy (non-hydrogen) atoms. The molecule has 3 N–H and O–H groups in total. The summed E-state index contributed by atoms with van der Waals surface area (Å²) in [6.07, 6.45) is 0. The maximum Gasteiger partial charge on any atom is 0.269 e. The lowest BCUT2D eigenvalue weighted by Gasteiger charge is -2.24. The van der Waals surface area contributed by atoms with Gasteiger partial charge in [0.25, 0.3) is 5.69 Å². The Kier molecular flexibility index (Phi) is 6.57. The zero-order chi connectivity index (χ0) is 20.0. The van der Waals surface area contributed by atoms with Crippen molar-refractivity contribution in [1.82, 2.24) is 10.6 Å². The summed E-state index contributed by atoms with van der Waals surface area (Å²) in [4.78, 5) is 14.9. The lowest BCUT2D eigenvalue weighted by Crippen LogP contribution is -2.44. The molecule has 0 aliphatic heterocycles. The van der Waals surface area contributed by atoms with Gasteiger partial charge in [0.2, 0.25) is 0 Å². The number of aliphatic imine (C=N–C) groups is 1. The van der Waals surface area contributed by atoms with Crippen LogP contribution in [-0.2, 0) is 12.1 Å². The average Bonchev–Trinajstić information content (AvgIpc) is 2.97. The molecule has 8 heteroatoms. The fraction of sp³-hybridized carbons (Fsp3) is 0.421. The Balaban J connectivity index is 2.08. The number of guanidine groups is 1. The summed E-state index contributed by atoms with van der Waals surface area (Å²) in [5.74, 6) is 1.94. The Morgan fingerprint density at radius 3 is 2.67 bits per heavy atom. The second-order valence-electron chi connectivity index (χ2n) is 6.58. The summed E-state index contributed by atoms with van der Waals surface area (Å²) in [7, 11) is 0. The van der Waals surface area contributed by atoms with Gasteiger partial charge in [0.05, 0.1) is 18.0 Å². The topological polar surface area (TPSA) is 113 Å². The third-order valence-corrected chi connectivity index (χ3v) is 4.11. The molecule has 0 saturated carbocycles. The van der Waals surface area contributed by atoms with Crippen LogP contribution < -0.4 is 10.6 Å². The zero-order valence-electron chi connectivity index (χ0n) is 16.1. The van der Waals surface area contributed by atoms with Gasteiger partial charge in [0.1, 0.15) is 17.1 Å². The minimum absolute atomic E-state index is 0.0365. The summed E-state index contributed by atoms with van der Waals surface area (Å²) in [5, 5.41) is 27.9. The molecule has 0 spiro atoms. The molecular formula is C19H26N4O4. The number of furan rings is 1. The van der Waals surface area contributed by atoms with Gasteiger partial charge in [-0.05, 0) is 39.3 Å². The van der Waals surface area contributed by atoms with Crippen LogP contribution in [0.1, 0.15) is 36.5 Å². The highest BCUT2D eigenvalue weighted by atomic mass is 16.6. The summed E-state index contributed by atoms with van der Waals surface area (Å²) in [5.41, 5.74) is 0.356. The molecule has 0 aliphatic carbocycles. The van der Waals surface area contributed by atoms with E-state index >= 15 is 0 Å². The van der Waals surface area contributed by atoms with Gasteiger partial charge in [0, 0.05) is 24.2 Å². The van der Waals surface area contributed by atoms with E-state index in [0.717, 1.165) is 16.9 Å². The first-order chi connectivity index (χ1) is 12.7. The molecular weight excluding hydrogens is 348 g/mol. The van der Waals surface area contributed by atoms with E-state index in [2.05, 4.69) is 15.6 Å². The van der Waals surface area contributed by atoms with Crippen LogP contribution in [0.15, 0.2) is 39.7 Å². The SMILES string of the molecule is CCNC(=NCc1cccc([N+](=O)[O-])c1)NCC(C)(O)c1cc(C)oc1C. The van der Waals surface area contributed by atoms with E-state index in [1.54, 1.807) is 19.1 Å². The Hall–Kier alpha value is -2.87. The van der Waals surface area contributed by atoms with Gasteiger partial charge in [0.15, 0.2) is 5.96 Å². The third-order valence-electron chi connectivity index (χ3n) is 4.11. The highest BCUT2D eigenvalue weighted by molar-refractivity contribution is 5.79. The maximum absolute atomic E-state index is 10.9. The highest BCUT2D eigenvalue weighted by Gasteiger charge is 2.27. The molecule has 2 aromatic rings. The van der Waals surface area contributed by atoms with Crippen LogP contribution in [0, 0.1) is 24.0 Å². The van der Waals surface area contributed by atoms with E-state index in [-0.39, 0.29) is 18.8 Å². The molecule has 0 radical (unpaired) electrons. The van der Waals surface area contributed by atoms with Gasteiger partial charge < -0.3 is 20.2 Å². The van der Waals surface area contributed by atoms with Crippen molar-refractivity contribution in [3.63, 3.8) is 0 Å². The molecule has 0 aliphatic rings. The maximum atomic E-state index is 10.9. The molecule has 0 fully saturated rings. The molecule has 1 aromatic carbocycles. The lowest BCUT2D eigenvalue weighted by atomic mass is 9.96. The Morgan fingerprint density at radius 2 is 2.07 bits per heavy atom. The van der Waals surface area contributed by atoms with E-state index in [1.165, 1.54) is 12.1 Å². The van der Waals surface area contributed by atoms with E-state index < -0.39 is 10.5 Å². The van der Waals surface area contributed by atoms with Crippen molar-refractivity contribution in [2.75, 3.05) is 13.1 Å². The quantitative estimate of drug-likeness (QED) is 0.297. The number of aliphatic hydroxyl groups is 1. The van der Waals surface area contributed by atoms with Crippen molar-refractivity contribution >= 4 is 11.6 Å². The number of hydrogen-bond donors (Lipinski definition) is 3. The molecule has 2 rings (SSSR count). The summed E-state index contributed by atoms with van der Waals surface area (Å²) >= 11 is 0. The van der Waals surface area contributed by atoms with Gasteiger partial charge in [-0.15, -0.1) is 0 Å². The number of non-ortho nitro benzene ring substituents is 1. The number of nitrogens with zero attached hydrogens (tertiary/aromatic N) is 2. The largest absolute Gasteiger partial charge is 0.466 e. The summed E-state index contributed by atoms with van der Waals surface area (Å²) in [6, 6.07) is 8.19. The number of hydrogen-bond acceptors (Lipinski definition) is 5. The number of nitro groups is 1. The minimum Gasteiger partial charge on any atom is -0.466 e. The van der Waals surface area contributed by atoms with E-state index in [1.807, 2.05) is 26.8 Å². The number of nitro benzene ring substituents is 1. The van der Waals surface area contributed by atoms with Crippen LogP contribution in [0.3, 0.4) is 0 Å². The van der Waals surface area contributed by atoms with Crippen molar-refractivity contribution in [3.05, 3.63) is 63.1 Å². The number of rotatable bonds is 7. The normalized spacial score (nSPS) is 13.9. The molecule has 1 atom stereocenters. The highest BCUT2D eigenvalue weighted by Crippen LogP contribution is 2.26.